The predicted molar refractivity (Wildman–Crippen MR) is 88.8 cm³/mol. The second kappa shape index (κ2) is 7.68. The molecule has 0 atom stereocenters. The maximum Gasteiger partial charge on any atom is 0.0452 e. The van der Waals surface area contributed by atoms with Crippen molar-refractivity contribution in [2.24, 2.45) is 5.41 Å². The van der Waals surface area contributed by atoms with Gasteiger partial charge in [-0.2, -0.15) is 0 Å². The highest BCUT2D eigenvalue weighted by Crippen LogP contribution is 2.43. The van der Waals surface area contributed by atoms with Gasteiger partial charge in [0, 0.05) is 10.0 Å². The van der Waals surface area contributed by atoms with Gasteiger partial charge in [-0.05, 0) is 68.8 Å². The summed E-state index contributed by atoms with van der Waals surface area (Å²) in [6.07, 6.45) is 10.5. The Balaban J connectivity index is 2.00. The Morgan fingerprint density at radius 2 is 1.85 bits per heavy atom. The first kappa shape index (κ1) is 16.1. The minimum atomic E-state index is 0.518. The highest BCUT2D eigenvalue weighted by Gasteiger charge is 2.31. The largest absolute Gasteiger partial charge is 0.320 e. The summed E-state index contributed by atoms with van der Waals surface area (Å²) in [5.41, 5.74) is 1.76. The summed E-state index contributed by atoms with van der Waals surface area (Å²) in [4.78, 5) is 0. The predicted octanol–water partition coefficient (Wildman–Crippen LogP) is 5.49. The molecule has 0 bridgehead atoms. The molecule has 1 fully saturated rings. The van der Waals surface area contributed by atoms with E-state index in [2.05, 4.69) is 11.4 Å². The number of hydrogen-bond donors (Lipinski definition) is 1. The monoisotopic (exact) mass is 313 g/mol. The van der Waals surface area contributed by atoms with E-state index in [9.17, 15) is 0 Å². The van der Waals surface area contributed by atoms with Gasteiger partial charge < -0.3 is 5.32 Å². The fraction of sp³-hybridized carbons (Fsp3) is 0.647. The number of benzene rings is 1. The third-order valence-electron chi connectivity index (χ3n) is 4.76. The van der Waals surface area contributed by atoms with Gasteiger partial charge in [0.15, 0.2) is 0 Å². The van der Waals surface area contributed by atoms with E-state index in [0.29, 0.717) is 5.41 Å². The first-order valence-electron chi connectivity index (χ1n) is 7.74. The summed E-state index contributed by atoms with van der Waals surface area (Å²) in [5, 5.41) is 4.85. The lowest BCUT2D eigenvalue weighted by atomic mass is 9.68. The molecule has 1 saturated carbocycles. The molecule has 2 rings (SSSR count). The Labute approximate surface area is 133 Å². The van der Waals surface area contributed by atoms with Gasteiger partial charge in [-0.25, -0.2) is 0 Å². The molecule has 1 aromatic rings. The van der Waals surface area contributed by atoms with Gasteiger partial charge in [-0.15, -0.1) is 0 Å². The third kappa shape index (κ3) is 4.38. The lowest BCUT2D eigenvalue weighted by Gasteiger charge is -2.38. The van der Waals surface area contributed by atoms with Crippen molar-refractivity contribution in [2.45, 2.75) is 51.4 Å². The van der Waals surface area contributed by atoms with Crippen LogP contribution in [0.15, 0.2) is 18.2 Å². The molecule has 112 valence electrons. The van der Waals surface area contributed by atoms with Crippen LogP contribution >= 0.6 is 23.2 Å². The highest BCUT2D eigenvalue weighted by molar-refractivity contribution is 6.35. The van der Waals surface area contributed by atoms with E-state index in [1.165, 1.54) is 50.5 Å². The van der Waals surface area contributed by atoms with Crippen LogP contribution in [0.1, 0.15) is 50.5 Å². The van der Waals surface area contributed by atoms with Crippen molar-refractivity contribution in [3.8, 4) is 0 Å². The van der Waals surface area contributed by atoms with Crippen molar-refractivity contribution in [2.75, 3.05) is 13.6 Å². The summed E-state index contributed by atoms with van der Waals surface area (Å²) < 4.78 is 0. The molecule has 1 nitrogen and oxygen atoms in total. The first-order chi connectivity index (χ1) is 9.65. The van der Waals surface area contributed by atoms with Crippen molar-refractivity contribution in [1.29, 1.82) is 0 Å². The second-order valence-corrected chi connectivity index (χ2v) is 6.99. The van der Waals surface area contributed by atoms with E-state index >= 15 is 0 Å². The van der Waals surface area contributed by atoms with E-state index in [1.807, 2.05) is 19.2 Å². The average Bonchev–Trinajstić information content (AvgIpc) is 2.45. The van der Waals surface area contributed by atoms with Crippen LogP contribution in [0.2, 0.25) is 10.0 Å². The molecular formula is C17H25Cl2N. The SMILES string of the molecule is CNCCC1(CCc2ccc(Cl)cc2Cl)CCCCC1. The third-order valence-corrected chi connectivity index (χ3v) is 5.35. The lowest BCUT2D eigenvalue weighted by molar-refractivity contribution is 0.157. The summed E-state index contributed by atoms with van der Waals surface area (Å²) in [6.45, 7) is 1.12. The number of hydrogen-bond acceptors (Lipinski definition) is 1. The summed E-state index contributed by atoms with van der Waals surface area (Å²) in [6, 6.07) is 5.89. The zero-order valence-electron chi connectivity index (χ0n) is 12.4. The second-order valence-electron chi connectivity index (χ2n) is 6.15. The van der Waals surface area contributed by atoms with Crippen LogP contribution in [-0.4, -0.2) is 13.6 Å². The Hall–Kier alpha value is -0.240. The Morgan fingerprint density at radius 3 is 2.50 bits per heavy atom. The van der Waals surface area contributed by atoms with Crippen LogP contribution in [0.3, 0.4) is 0 Å². The summed E-state index contributed by atoms with van der Waals surface area (Å²) >= 11 is 12.3. The minimum Gasteiger partial charge on any atom is -0.320 e. The zero-order valence-corrected chi connectivity index (χ0v) is 13.9. The standard InChI is InChI=1S/C17H25Cl2N/c1-20-12-11-17(8-3-2-4-9-17)10-7-14-5-6-15(18)13-16(14)19/h5-6,13,20H,2-4,7-12H2,1H3. The molecule has 0 unspecified atom stereocenters. The molecule has 0 aromatic heterocycles. The van der Waals surface area contributed by atoms with Crippen LogP contribution in [0.5, 0.6) is 0 Å². The van der Waals surface area contributed by atoms with Gasteiger partial charge >= 0.3 is 0 Å². The summed E-state index contributed by atoms with van der Waals surface area (Å²) in [7, 11) is 2.05. The normalized spacial score (nSPS) is 18.1. The average molecular weight is 314 g/mol. The minimum absolute atomic E-state index is 0.518. The molecule has 0 aliphatic heterocycles. The molecule has 0 amide bonds. The van der Waals surface area contributed by atoms with E-state index in [-0.39, 0.29) is 0 Å². The van der Waals surface area contributed by atoms with Gasteiger partial charge in [-0.3, -0.25) is 0 Å². The fourth-order valence-corrected chi connectivity index (χ4v) is 3.94. The molecule has 0 heterocycles. The Morgan fingerprint density at radius 1 is 1.10 bits per heavy atom. The molecule has 0 spiro atoms. The Bertz CT molecular complexity index is 425. The van der Waals surface area contributed by atoms with E-state index in [1.54, 1.807) is 0 Å². The van der Waals surface area contributed by atoms with E-state index in [4.69, 9.17) is 23.2 Å². The van der Waals surface area contributed by atoms with Gasteiger partial charge in [0.05, 0.1) is 0 Å². The number of nitrogens with one attached hydrogen (secondary N) is 1. The van der Waals surface area contributed by atoms with Crippen LogP contribution in [-0.2, 0) is 6.42 Å². The topological polar surface area (TPSA) is 12.0 Å². The molecule has 20 heavy (non-hydrogen) atoms. The van der Waals surface area contributed by atoms with Crippen molar-refractivity contribution >= 4 is 23.2 Å². The molecule has 3 heteroatoms. The quantitative estimate of drug-likeness (QED) is 0.732. The van der Waals surface area contributed by atoms with Gasteiger partial charge in [0.2, 0.25) is 0 Å². The van der Waals surface area contributed by atoms with E-state index < -0.39 is 0 Å². The first-order valence-corrected chi connectivity index (χ1v) is 8.49. The number of halogens is 2. The van der Waals surface area contributed by atoms with Crippen LogP contribution < -0.4 is 5.32 Å². The Kier molecular flexibility index (Phi) is 6.20. The molecule has 1 aromatic carbocycles. The maximum atomic E-state index is 6.30. The molecule has 0 radical (unpaired) electrons. The molecule has 1 aliphatic carbocycles. The smallest absolute Gasteiger partial charge is 0.0452 e. The molecule has 1 aliphatic rings. The van der Waals surface area contributed by atoms with Crippen LogP contribution in [0.4, 0.5) is 0 Å². The van der Waals surface area contributed by atoms with Crippen molar-refractivity contribution in [1.82, 2.24) is 5.32 Å². The van der Waals surface area contributed by atoms with Crippen molar-refractivity contribution < 1.29 is 0 Å². The number of aryl methyl sites for hydroxylation is 1. The summed E-state index contributed by atoms with van der Waals surface area (Å²) in [5.74, 6) is 0. The van der Waals surface area contributed by atoms with Gasteiger partial charge in [-0.1, -0.05) is 48.5 Å². The van der Waals surface area contributed by atoms with E-state index in [0.717, 1.165) is 23.0 Å². The number of rotatable bonds is 6. The maximum absolute atomic E-state index is 6.30. The highest BCUT2D eigenvalue weighted by atomic mass is 35.5. The van der Waals surface area contributed by atoms with Crippen LogP contribution in [0.25, 0.3) is 0 Å². The lowest BCUT2D eigenvalue weighted by Crippen LogP contribution is -2.29. The molecular weight excluding hydrogens is 289 g/mol. The van der Waals surface area contributed by atoms with Crippen molar-refractivity contribution in [3.63, 3.8) is 0 Å². The molecule has 1 N–H and O–H groups in total. The zero-order chi connectivity index (χ0) is 14.4. The van der Waals surface area contributed by atoms with Crippen LogP contribution in [0, 0.1) is 5.41 Å². The van der Waals surface area contributed by atoms with Crippen molar-refractivity contribution in [3.05, 3.63) is 33.8 Å². The van der Waals surface area contributed by atoms with Gasteiger partial charge in [0.25, 0.3) is 0 Å². The molecule has 0 saturated heterocycles. The fourth-order valence-electron chi connectivity index (χ4n) is 3.44. The van der Waals surface area contributed by atoms with Gasteiger partial charge in [0.1, 0.15) is 0 Å².